The van der Waals surface area contributed by atoms with Crippen molar-refractivity contribution in [3.63, 3.8) is 0 Å². The number of rotatable bonds is 3. The number of ether oxygens (including phenoxy) is 1. The molecule has 0 spiro atoms. The molecule has 0 atom stereocenters. The standard InChI is InChI=1S/C17H18N2O3/c20-17(16-8-4-5-11-19(16)21)18-12-9-15(10-13-18)22-14-6-2-1-3-7-14/h1-8,11,15H,9-10,12-13H2. The number of pyridine rings is 1. The number of nitrogens with zero attached hydrogens (tertiary/aromatic N) is 2. The van der Waals surface area contributed by atoms with Gasteiger partial charge in [0.2, 0.25) is 0 Å². The highest BCUT2D eigenvalue weighted by Crippen LogP contribution is 2.19. The zero-order valence-corrected chi connectivity index (χ0v) is 12.2. The Morgan fingerprint density at radius 1 is 1.09 bits per heavy atom. The third kappa shape index (κ3) is 3.19. The minimum atomic E-state index is -0.214. The summed E-state index contributed by atoms with van der Waals surface area (Å²) < 4.78 is 6.53. The topological polar surface area (TPSA) is 56.5 Å². The Balaban J connectivity index is 1.58. The summed E-state index contributed by atoms with van der Waals surface area (Å²) in [4.78, 5) is 14.1. The average Bonchev–Trinajstić information content (AvgIpc) is 2.56. The molecule has 1 fully saturated rings. The fourth-order valence-corrected chi connectivity index (χ4v) is 2.62. The maximum Gasteiger partial charge on any atom is 0.319 e. The van der Waals surface area contributed by atoms with Gasteiger partial charge >= 0.3 is 5.91 Å². The first-order valence-corrected chi connectivity index (χ1v) is 7.43. The highest BCUT2D eigenvalue weighted by Gasteiger charge is 2.28. The lowest BCUT2D eigenvalue weighted by Crippen LogP contribution is -2.46. The van der Waals surface area contributed by atoms with Crippen LogP contribution < -0.4 is 9.47 Å². The number of benzene rings is 1. The van der Waals surface area contributed by atoms with E-state index in [9.17, 15) is 10.0 Å². The summed E-state index contributed by atoms with van der Waals surface area (Å²) in [7, 11) is 0. The average molecular weight is 298 g/mol. The predicted octanol–water partition coefficient (Wildman–Crippen LogP) is 2.00. The van der Waals surface area contributed by atoms with E-state index in [2.05, 4.69) is 0 Å². The zero-order valence-electron chi connectivity index (χ0n) is 12.2. The maximum absolute atomic E-state index is 12.3. The van der Waals surface area contributed by atoms with E-state index in [0.29, 0.717) is 17.8 Å². The molecule has 1 aromatic heterocycles. The summed E-state index contributed by atoms with van der Waals surface area (Å²) in [6.45, 7) is 1.20. The summed E-state index contributed by atoms with van der Waals surface area (Å²) in [5.74, 6) is 0.640. The molecule has 2 aromatic rings. The fourth-order valence-electron chi connectivity index (χ4n) is 2.62. The first kappa shape index (κ1) is 14.4. The van der Waals surface area contributed by atoms with Gasteiger partial charge in [0.05, 0.1) is 0 Å². The van der Waals surface area contributed by atoms with Crippen LogP contribution in [0.25, 0.3) is 0 Å². The van der Waals surface area contributed by atoms with Gasteiger partial charge < -0.3 is 14.8 Å². The van der Waals surface area contributed by atoms with Gasteiger partial charge in [-0.15, -0.1) is 0 Å². The van der Waals surface area contributed by atoms with Crippen LogP contribution in [-0.2, 0) is 0 Å². The molecule has 3 rings (SSSR count). The summed E-state index contributed by atoms with van der Waals surface area (Å²) in [6, 6.07) is 14.6. The lowest BCUT2D eigenvalue weighted by molar-refractivity contribution is -0.608. The maximum atomic E-state index is 12.3. The van der Waals surface area contributed by atoms with E-state index in [1.807, 2.05) is 30.3 Å². The molecule has 5 nitrogen and oxygen atoms in total. The Morgan fingerprint density at radius 3 is 2.45 bits per heavy atom. The van der Waals surface area contributed by atoms with Crippen LogP contribution in [0.15, 0.2) is 54.7 Å². The molecule has 1 amide bonds. The van der Waals surface area contributed by atoms with Crippen LogP contribution >= 0.6 is 0 Å². The van der Waals surface area contributed by atoms with Gasteiger partial charge in [-0.2, -0.15) is 4.73 Å². The number of likely N-dealkylation sites (tertiary alicyclic amines) is 1. The number of piperidine rings is 1. The van der Waals surface area contributed by atoms with Crippen LogP contribution in [-0.4, -0.2) is 30.0 Å². The first-order valence-electron chi connectivity index (χ1n) is 7.43. The smallest absolute Gasteiger partial charge is 0.319 e. The van der Waals surface area contributed by atoms with Crippen LogP contribution in [0, 0.1) is 5.21 Å². The quantitative estimate of drug-likeness (QED) is 0.643. The largest absolute Gasteiger partial charge is 0.618 e. The molecule has 0 radical (unpaired) electrons. The molecule has 22 heavy (non-hydrogen) atoms. The molecule has 1 aliphatic rings. The minimum absolute atomic E-state index is 0.113. The Kier molecular flexibility index (Phi) is 4.23. The molecule has 1 aliphatic heterocycles. The highest BCUT2D eigenvalue weighted by molar-refractivity contribution is 5.91. The molecule has 0 bridgehead atoms. The van der Waals surface area contributed by atoms with Gasteiger partial charge in [0, 0.05) is 38.1 Å². The zero-order chi connectivity index (χ0) is 15.4. The molecular weight excluding hydrogens is 280 g/mol. The minimum Gasteiger partial charge on any atom is -0.618 e. The Labute approximate surface area is 129 Å². The van der Waals surface area contributed by atoms with Crippen molar-refractivity contribution in [1.29, 1.82) is 0 Å². The summed E-state index contributed by atoms with van der Waals surface area (Å²) in [5, 5.41) is 11.7. The third-order valence-electron chi connectivity index (χ3n) is 3.82. The number of carbonyl (C=O) groups is 1. The molecule has 0 N–H and O–H groups in total. The van der Waals surface area contributed by atoms with Crippen LogP contribution in [0.5, 0.6) is 5.75 Å². The van der Waals surface area contributed by atoms with E-state index in [1.165, 1.54) is 6.20 Å². The second-order valence-electron chi connectivity index (χ2n) is 5.33. The van der Waals surface area contributed by atoms with Crippen molar-refractivity contribution < 1.29 is 14.3 Å². The second kappa shape index (κ2) is 6.47. The number of hydrogen-bond donors (Lipinski definition) is 0. The molecule has 1 aromatic carbocycles. The van der Waals surface area contributed by atoms with Crippen molar-refractivity contribution in [2.24, 2.45) is 0 Å². The lowest BCUT2D eigenvalue weighted by atomic mass is 10.1. The molecule has 0 aliphatic carbocycles. The molecule has 0 unspecified atom stereocenters. The molecule has 1 saturated heterocycles. The lowest BCUT2D eigenvalue weighted by Gasteiger charge is -2.31. The van der Waals surface area contributed by atoms with E-state index in [0.717, 1.165) is 18.6 Å². The SMILES string of the molecule is O=C(c1cccc[n+]1[O-])N1CCC(Oc2ccccc2)CC1. The van der Waals surface area contributed by atoms with Crippen molar-refractivity contribution in [3.8, 4) is 5.75 Å². The Hall–Kier alpha value is -2.56. The predicted molar refractivity (Wildman–Crippen MR) is 81.4 cm³/mol. The van der Waals surface area contributed by atoms with E-state index in [1.54, 1.807) is 23.1 Å². The Morgan fingerprint density at radius 2 is 1.77 bits per heavy atom. The van der Waals surface area contributed by atoms with E-state index < -0.39 is 0 Å². The third-order valence-corrected chi connectivity index (χ3v) is 3.82. The van der Waals surface area contributed by atoms with Crippen molar-refractivity contribution in [1.82, 2.24) is 4.90 Å². The van der Waals surface area contributed by atoms with Crippen molar-refractivity contribution in [2.45, 2.75) is 18.9 Å². The van der Waals surface area contributed by atoms with Crippen molar-refractivity contribution >= 4 is 5.91 Å². The summed E-state index contributed by atoms with van der Waals surface area (Å²) >= 11 is 0. The number of amides is 1. The van der Waals surface area contributed by atoms with Crippen molar-refractivity contribution in [3.05, 3.63) is 65.6 Å². The van der Waals surface area contributed by atoms with E-state index in [4.69, 9.17) is 4.74 Å². The van der Waals surface area contributed by atoms with Crippen LogP contribution in [0.2, 0.25) is 0 Å². The second-order valence-corrected chi connectivity index (χ2v) is 5.33. The van der Waals surface area contributed by atoms with Crippen LogP contribution in [0.4, 0.5) is 0 Å². The van der Waals surface area contributed by atoms with E-state index >= 15 is 0 Å². The number of para-hydroxylation sites is 1. The van der Waals surface area contributed by atoms with Crippen LogP contribution in [0.1, 0.15) is 23.3 Å². The van der Waals surface area contributed by atoms with Gasteiger partial charge in [-0.05, 0) is 18.2 Å². The number of aromatic nitrogens is 1. The molecule has 0 saturated carbocycles. The van der Waals surface area contributed by atoms with Gasteiger partial charge in [0.1, 0.15) is 11.9 Å². The van der Waals surface area contributed by atoms with Gasteiger partial charge in [-0.1, -0.05) is 18.2 Å². The Bertz CT molecular complexity index is 637. The van der Waals surface area contributed by atoms with Crippen LogP contribution in [0.3, 0.4) is 0 Å². The number of hydrogen-bond acceptors (Lipinski definition) is 3. The molecular formula is C17H18N2O3. The summed E-state index contributed by atoms with van der Waals surface area (Å²) in [5.41, 5.74) is 0.171. The normalized spacial score (nSPS) is 15.5. The summed E-state index contributed by atoms with van der Waals surface area (Å²) in [6.07, 6.45) is 3.00. The van der Waals surface area contributed by atoms with Gasteiger partial charge in [0.15, 0.2) is 6.20 Å². The monoisotopic (exact) mass is 298 g/mol. The number of carbonyl (C=O) groups excluding carboxylic acids is 1. The first-order chi connectivity index (χ1) is 10.7. The van der Waals surface area contributed by atoms with Gasteiger partial charge in [0.25, 0.3) is 5.69 Å². The highest BCUT2D eigenvalue weighted by atomic mass is 16.5. The molecule has 5 heteroatoms. The van der Waals surface area contributed by atoms with E-state index in [-0.39, 0.29) is 17.7 Å². The van der Waals surface area contributed by atoms with Gasteiger partial charge in [-0.25, -0.2) is 0 Å². The molecule has 2 heterocycles. The van der Waals surface area contributed by atoms with Gasteiger partial charge in [-0.3, -0.25) is 4.79 Å². The van der Waals surface area contributed by atoms with Crippen molar-refractivity contribution in [2.75, 3.05) is 13.1 Å². The fraction of sp³-hybridized carbons (Fsp3) is 0.294. The molecule has 114 valence electrons.